The molecule has 1 aliphatic heterocycles. The lowest BCUT2D eigenvalue weighted by Gasteiger charge is -2.34. The molecular weight excluding hydrogens is 328 g/mol. The van der Waals surface area contributed by atoms with Crippen LogP contribution in [0.3, 0.4) is 0 Å². The van der Waals surface area contributed by atoms with E-state index in [1.807, 2.05) is 6.07 Å². The van der Waals surface area contributed by atoms with E-state index in [9.17, 15) is 4.79 Å². The molecule has 1 atom stereocenters. The molecule has 1 amide bonds. The summed E-state index contributed by atoms with van der Waals surface area (Å²) in [6, 6.07) is 1.95. The molecule has 7 nitrogen and oxygen atoms in total. The van der Waals surface area contributed by atoms with Crippen molar-refractivity contribution in [3.05, 3.63) is 36.5 Å². The van der Waals surface area contributed by atoms with Gasteiger partial charge in [0.15, 0.2) is 5.82 Å². The van der Waals surface area contributed by atoms with Crippen LogP contribution in [-0.2, 0) is 4.79 Å². The predicted octanol–water partition coefficient (Wildman–Crippen LogP) is 2.91. The van der Waals surface area contributed by atoms with E-state index >= 15 is 0 Å². The number of aromatic nitrogens is 4. The fraction of sp³-hybridized carbons (Fsp3) is 0.526. The quantitative estimate of drug-likeness (QED) is 0.911. The van der Waals surface area contributed by atoms with E-state index < -0.39 is 0 Å². The van der Waals surface area contributed by atoms with E-state index in [0.29, 0.717) is 17.7 Å². The summed E-state index contributed by atoms with van der Waals surface area (Å²) < 4.78 is 0. The van der Waals surface area contributed by atoms with Crippen LogP contribution < -0.4 is 5.32 Å². The second kappa shape index (κ2) is 7.76. The molecule has 0 radical (unpaired) electrons. The molecule has 1 unspecified atom stereocenters. The topological polar surface area (TPSA) is 83.9 Å². The molecule has 4 rings (SSSR count). The van der Waals surface area contributed by atoms with Gasteiger partial charge in [-0.05, 0) is 31.7 Å². The van der Waals surface area contributed by atoms with Gasteiger partial charge in [-0.3, -0.25) is 9.78 Å². The molecule has 3 heterocycles. The molecule has 1 saturated heterocycles. The highest BCUT2D eigenvalue weighted by Crippen LogP contribution is 2.31. The number of likely N-dealkylation sites (tertiary alicyclic amines) is 1. The number of nitrogens with one attached hydrogen (secondary N) is 1. The highest BCUT2D eigenvalue weighted by atomic mass is 16.2. The number of hydrogen-bond donors (Lipinski definition) is 1. The van der Waals surface area contributed by atoms with Crippen LogP contribution in [-0.4, -0.2) is 43.8 Å². The van der Waals surface area contributed by atoms with Crippen molar-refractivity contribution in [1.82, 2.24) is 24.8 Å². The van der Waals surface area contributed by atoms with Crippen molar-refractivity contribution in [1.29, 1.82) is 0 Å². The first-order valence-corrected chi connectivity index (χ1v) is 9.44. The maximum atomic E-state index is 12.8. The standard InChI is InChI=1S/C19H24N6O/c26-18(14-4-1-2-5-14)25-11-3-6-15(13-25)16-7-8-22-19(23-16)24-17-12-20-9-10-21-17/h7-10,12,14-15H,1-6,11,13H2,(H,21,22,23,24). The number of nitrogens with zero attached hydrogens (tertiary/aromatic N) is 5. The fourth-order valence-corrected chi connectivity index (χ4v) is 3.99. The van der Waals surface area contributed by atoms with E-state index in [1.54, 1.807) is 24.8 Å². The predicted molar refractivity (Wildman–Crippen MR) is 97.9 cm³/mol. The molecule has 0 aromatic carbocycles. The third-order valence-electron chi connectivity index (χ3n) is 5.34. The van der Waals surface area contributed by atoms with Crippen molar-refractivity contribution in [2.45, 2.75) is 44.4 Å². The molecule has 2 fully saturated rings. The Bertz CT molecular complexity index is 747. The molecule has 1 aliphatic carbocycles. The molecular formula is C19H24N6O. The third-order valence-corrected chi connectivity index (χ3v) is 5.34. The fourth-order valence-electron chi connectivity index (χ4n) is 3.99. The maximum Gasteiger partial charge on any atom is 0.228 e. The van der Waals surface area contributed by atoms with Gasteiger partial charge in [0.05, 0.1) is 11.9 Å². The molecule has 2 aromatic heterocycles. The Balaban J connectivity index is 1.45. The maximum absolute atomic E-state index is 12.8. The van der Waals surface area contributed by atoms with Crippen molar-refractivity contribution in [3.63, 3.8) is 0 Å². The van der Waals surface area contributed by atoms with Crippen LogP contribution in [0.2, 0.25) is 0 Å². The van der Waals surface area contributed by atoms with E-state index in [2.05, 4.69) is 30.2 Å². The van der Waals surface area contributed by atoms with E-state index in [0.717, 1.165) is 44.5 Å². The van der Waals surface area contributed by atoms with Gasteiger partial charge in [-0.1, -0.05) is 12.8 Å². The summed E-state index contributed by atoms with van der Waals surface area (Å²) in [5, 5.41) is 3.09. The number of carbonyl (C=O) groups excluding carboxylic acids is 1. The first kappa shape index (κ1) is 16.9. The van der Waals surface area contributed by atoms with Gasteiger partial charge in [0, 0.05) is 43.5 Å². The average Bonchev–Trinajstić information content (AvgIpc) is 3.23. The monoisotopic (exact) mass is 352 g/mol. The van der Waals surface area contributed by atoms with Gasteiger partial charge in [-0.25, -0.2) is 15.0 Å². The van der Waals surface area contributed by atoms with E-state index in [4.69, 9.17) is 0 Å². The molecule has 7 heteroatoms. The Morgan fingerprint density at radius 3 is 2.77 bits per heavy atom. The zero-order chi connectivity index (χ0) is 17.8. The van der Waals surface area contributed by atoms with Crippen LogP contribution in [0, 0.1) is 5.92 Å². The average molecular weight is 352 g/mol. The number of amides is 1. The number of piperidine rings is 1. The Labute approximate surface area is 153 Å². The van der Waals surface area contributed by atoms with Crippen LogP contribution in [0.1, 0.15) is 50.1 Å². The van der Waals surface area contributed by atoms with Gasteiger partial charge in [0.25, 0.3) is 0 Å². The molecule has 1 N–H and O–H groups in total. The SMILES string of the molecule is O=C(C1CCCC1)N1CCCC(c2ccnc(Nc3cnccn3)n2)C1. The summed E-state index contributed by atoms with van der Waals surface area (Å²) in [6.07, 6.45) is 13.2. The van der Waals surface area contributed by atoms with Crippen LogP contribution in [0.5, 0.6) is 0 Å². The lowest BCUT2D eigenvalue weighted by atomic mass is 9.93. The Morgan fingerprint density at radius 1 is 1.08 bits per heavy atom. The second-order valence-electron chi connectivity index (χ2n) is 7.13. The van der Waals surface area contributed by atoms with Gasteiger partial charge in [-0.15, -0.1) is 0 Å². The zero-order valence-electron chi connectivity index (χ0n) is 14.8. The number of anilines is 2. The zero-order valence-corrected chi connectivity index (χ0v) is 14.8. The van der Waals surface area contributed by atoms with Gasteiger partial charge in [-0.2, -0.15) is 0 Å². The smallest absolute Gasteiger partial charge is 0.228 e. The van der Waals surface area contributed by atoms with Crippen molar-refractivity contribution < 1.29 is 4.79 Å². The molecule has 136 valence electrons. The molecule has 2 aliphatic rings. The second-order valence-corrected chi connectivity index (χ2v) is 7.13. The first-order valence-electron chi connectivity index (χ1n) is 9.44. The molecule has 0 spiro atoms. The summed E-state index contributed by atoms with van der Waals surface area (Å²) in [5.74, 6) is 1.99. The molecule has 0 bridgehead atoms. The minimum Gasteiger partial charge on any atom is -0.342 e. The van der Waals surface area contributed by atoms with Gasteiger partial charge >= 0.3 is 0 Å². The number of carbonyl (C=O) groups is 1. The van der Waals surface area contributed by atoms with Crippen LogP contribution in [0.25, 0.3) is 0 Å². The lowest BCUT2D eigenvalue weighted by molar-refractivity contribution is -0.136. The summed E-state index contributed by atoms with van der Waals surface area (Å²) in [7, 11) is 0. The van der Waals surface area contributed by atoms with Gasteiger partial charge in [0.1, 0.15) is 0 Å². The van der Waals surface area contributed by atoms with Crippen LogP contribution >= 0.6 is 0 Å². The molecule has 1 saturated carbocycles. The van der Waals surface area contributed by atoms with E-state index in [1.165, 1.54) is 12.8 Å². The summed E-state index contributed by atoms with van der Waals surface area (Å²) in [6.45, 7) is 1.64. The summed E-state index contributed by atoms with van der Waals surface area (Å²) in [5.41, 5.74) is 0.982. The van der Waals surface area contributed by atoms with Crippen LogP contribution in [0.15, 0.2) is 30.9 Å². The number of hydrogen-bond acceptors (Lipinski definition) is 6. The molecule has 26 heavy (non-hydrogen) atoms. The summed E-state index contributed by atoms with van der Waals surface area (Å²) >= 11 is 0. The minimum absolute atomic E-state index is 0.244. The Hall–Kier alpha value is -2.57. The Morgan fingerprint density at radius 2 is 1.96 bits per heavy atom. The van der Waals surface area contributed by atoms with Crippen molar-refractivity contribution >= 4 is 17.7 Å². The third kappa shape index (κ3) is 3.81. The largest absolute Gasteiger partial charge is 0.342 e. The van der Waals surface area contributed by atoms with Crippen molar-refractivity contribution in [2.75, 3.05) is 18.4 Å². The van der Waals surface area contributed by atoms with Crippen molar-refractivity contribution in [2.24, 2.45) is 5.92 Å². The molecule has 2 aromatic rings. The van der Waals surface area contributed by atoms with E-state index in [-0.39, 0.29) is 11.8 Å². The van der Waals surface area contributed by atoms with Gasteiger partial charge < -0.3 is 10.2 Å². The Kier molecular flexibility index (Phi) is 5.04. The normalized spacial score (nSPS) is 20.9. The van der Waals surface area contributed by atoms with Crippen LogP contribution in [0.4, 0.5) is 11.8 Å². The van der Waals surface area contributed by atoms with Gasteiger partial charge in [0.2, 0.25) is 11.9 Å². The minimum atomic E-state index is 0.244. The lowest BCUT2D eigenvalue weighted by Crippen LogP contribution is -2.42. The highest BCUT2D eigenvalue weighted by Gasteiger charge is 2.31. The first-order chi connectivity index (χ1) is 12.8. The summed E-state index contributed by atoms with van der Waals surface area (Å²) in [4.78, 5) is 32.0. The highest BCUT2D eigenvalue weighted by molar-refractivity contribution is 5.79. The van der Waals surface area contributed by atoms with Crippen molar-refractivity contribution in [3.8, 4) is 0 Å². The number of rotatable bonds is 4.